The molecule has 0 saturated carbocycles. The molecule has 0 atom stereocenters. The van der Waals surface area contributed by atoms with E-state index in [0.29, 0.717) is 10.9 Å². The van der Waals surface area contributed by atoms with E-state index in [0.717, 1.165) is 31.6 Å². The highest BCUT2D eigenvalue weighted by Crippen LogP contribution is 2.31. The van der Waals surface area contributed by atoms with Crippen LogP contribution in [0.1, 0.15) is 39.3 Å². The lowest BCUT2D eigenvalue weighted by molar-refractivity contribution is -0.140. The fourth-order valence-electron chi connectivity index (χ4n) is 3.80. The first-order chi connectivity index (χ1) is 15.4. The van der Waals surface area contributed by atoms with Crippen LogP contribution in [0.3, 0.4) is 0 Å². The number of hydrogen-bond donors (Lipinski definition) is 2. The zero-order valence-corrected chi connectivity index (χ0v) is 19.5. The summed E-state index contributed by atoms with van der Waals surface area (Å²) in [5.41, 5.74) is 0.867. The third-order valence-electron chi connectivity index (χ3n) is 5.30. The number of ether oxygens (including phenoxy) is 1. The Labute approximate surface area is 192 Å². The van der Waals surface area contributed by atoms with E-state index >= 15 is 0 Å². The average molecular weight is 465 g/mol. The van der Waals surface area contributed by atoms with Gasteiger partial charge in [0.25, 0.3) is 0 Å². The summed E-state index contributed by atoms with van der Waals surface area (Å²) < 4.78 is 46.3. The number of benzene rings is 1. The Morgan fingerprint density at radius 3 is 2.55 bits per heavy atom. The Morgan fingerprint density at radius 2 is 1.91 bits per heavy atom. The first kappa shape index (κ1) is 24.8. The van der Waals surface area contributed by atoms with Crippen LogP contribution in [-0.4, -0.2) is 60.1 Å². The number of aromatic nitrogens is 1. The molecular weight excluding hydrogens is 433 g/mol. The van der Waals surface area contributed by atoms with Gasteiger partial charge in [-0.1, -0.05) is 12.0 Å². The Hall–Kier alpha value is -2.86. The van der Waals surface area contributed by atoms with E-state index in [1.54, 1.807) is 39.0 Å². The van der Waals surface area contributed by atoms with E-state index in [9.17, 15) is 18.0 Å². The minimum absolute atomic E-state index is 0.0385. The van der Waals surface area contributed by atoms with Crippen molar-refractivity contribution in [3.8, 4) is 11.8 Å². The number of nitrogens with zero attached hydrogens (tertiary/aromatic N) is 2. The van der Waals surface area contributed by atoms with Crippen molar-refractivity contribution in [1.82, 2.24) is 14.8 Å². The third kappa shape index (κ3) is 7.32. The van der Waals surface area contributed by atoms with Crippen molar-refractivity contribution in [2.75, 3.05) is 32.0 Å². The summed E-state index contributed by atoms with van der Waals surface area (Å²) in [6.07, 6.45) is -3.08. The standard InChI is InChI=1S/C24H31F3N4O2/c1-23(2,3)33-22(32)28-12-6-7-18-15-19-20(29-17-10-13-30(4)14-11-17)8-5-9-21(19)31(18)16-24(25,26)27/h5,8-9,15,17,29H,10-14,16H2,1-4H3,(H,28,32). The molecule has 0 unspecified atom stereocenters. The second-order valence-electron chi connectivity index (χ2n) is 9.35. The van der Waals surface area contributed by atoms with Crippen LogP contribution in [-0.2, 0) is 11.3 Å². The van der Waals surface area contributed by atoms with Crippen molar-refractivity contribution in [3.63, 3.8) is 0 Å². The summed E-state index contributed by atoms with van der Waals surface area (Å²) in [4.78, 5) is 14.0. The topological polar surface area (TPSA) is 58.5 Å². The number of carbonyl (C=O) groups is 1. The summed E-state index contributed by atoms with van der Waals surface area (Å²) in [5, 5.41) is 6.71. The molecule has 180 valence electrons. The molecule has 2 heterocycles. The van der Waals surface area contributed by atoms with Gasteiger partial charge < -0.3 is 24.8 Å². The summed E-state index contributed by atoms with van der Waals surface area (Å²) in [6.45, 7) is 6.00. The van der Waals surface area contributed by atoms with E-state index in [1.807, 2.05) is 6.07 Å². The van der Waals surface area contributed by atoms with E-state index < -0.39 is 24.4 Å². The van der Waals surface area contributed by atoms with Crippen molar-refractivity contribution in [1.29, 1.82) is 0 Å². The molecule has 1 aliphatic heterocycles. The first-order valence-corrected chi connectivity index (χ1v) is 11.0. The van der Waals surface area contributed by atoms with E-state index in [2.05, 4.69) is 34.4 Å². The van der Waals surface area contributed by atoms with Gasteiger partial charge in [0.2, 0.25) is 0 Å². The maximum absolute atomic E-state index is 13.3. The van der Waals surface area contributed by atoms with E-state index in [4.69, 9.17) is 4.74 Å². The van der Waals surface area contributed by atoms with E-state index in [1.165, 1.54) is 4.57 Å². The summed E-state index contributed by atoms with van der Waals surface area (Å²) >= 11 is 0. The molecule has 2 N–H and O–H groups in total. The van der Waals surface area contributed by atoms with Gasteiger partial charge in [-0.2, -0.15) is 13.2 Å². The van der Waals surface area contributed by atoms with Crippen molar-refractivity contribution in [2.24, 2.45) is 0 Å². The molecule has 33 heavy (non-hydrogen) atoms. The predicted octanol–water partition coefficient (Wildman–Crippen LogP) is 4.59. The molecule has 0 spiro atoms. The van der Waals surface area contributed by atoms with Crippen LogP contribution >= 0.6 is 0 Å². The molecule has 3 rings (SSSR count). The maximum atomic E-state index is 13.3. The van der Waals surface area contributed by atoms with Crippen molar-refractivity contribution in [3.05, 3.63) is 30.0 Å². The number of carbonyl (C=O) groups excluding carboxylic acids is 1. The van der Waals surface area contributed by atoms with Gasteiger partial charge in [0.1, 0.15) is 12.1 Å². The van der Waals surface area contributed by atoms with Crippen LogP contribution in [0.4, 0.5) is 23.7 Å². The zero-order valence-electron chi connectivity index (χ0n) is 19.5. The van der Waals surface area contributed by atoms with Crippen LogP contribution < -0.4 is 10.6 Å². The number of alkyl halides is 3. The summed E-state index contributed by atoms with van der Waals surface area (Å²) in [6, 6.07) is 7.27. The maximum Gasteiger partial charge on any atom is 0.408 e. The average Bonchev–Trinajstić information content (AvgIpc) is 3.03. The fraction of sp³-hybridized carbons (Fsp3) is 0.542. The molecule has 0 radical (unpaired) electrons. The number of hydrogen-bond acceptors (Lipinski definition) is 4. The van der Waals surface area contributed by atoms with Gasteiger partial charge in [0, 0.05) is 17.1 Å². The minimum Gasteiger partial charge on any atom is -0.444 e. The highest BCUT2D eigenvalue weighted by Gasteiger charge is 2.30. The third-order valence-corrected chi connectivity index (χ3v) is 5.30. The van der Waals surface area contributed by atoms with Crippen LogP contribution in [0.15, 0.2) is 24.3 Å². The van der Waals surface area contributed by atoms with Gasteiger partial charge >= 0.3 is 12.3 Å². The van der Waals surface area contributed by atoms with Crippen molar-refractivity contribution < 1.29 is 22.7 Å². The van der Waals surface area contributed by atoms with Gasteiger partial charge in [-0.25, -0.2) is 4.79 Å². The lowest BCUT2D eigenvalue weighted by atomic mass is 10.0. The molecule has 1 amide bonds. The lowest BCUT2D eigenvalue weighted by Crippen LogP contribution is -2.36. The SMILES string of the molecule is CN1CCC(Nc2cccc3c2cc(C#CCNC(=O)OC(C)(C)C)n3CC(F)(F)F)CC1. The molecule has 1 aliphatic rings. The number of halogens is 3. The highest BCUT2D eigenvalue weighted by molar-refractivity contribution is 5.94. The van der Waals surface area contributed by atoms with Gasteiger partial charge in [0.05, 0.1) is 17.8 Å². The highest BCUT2D eigenvalue weighted by atomic mass is 19.4. The molecule has 1 saturated heterocycles. The van der Waals surface area contributed by atoms with Gasteiger partial charge in [-0.05, 0) is 77.9 Å². The summed E-state index contributed by atoms with van der Waals surface area (Å²) in [7, 11) is 2.08. The molecule has 6 nitrogen and oxygen atoms in total. The predicted molar refractivity (Wildman–Crippen MR) is 123 cm³/mol. The molecular formula is C24H31F3N4O2. The van der Waals surface area contributed by atoms with Crippen LogP contribution in [0.25, 0.3) is 10.9 Å². The van der Waals surface area contributed by atoms with Gasteiger partial charge in [-0.3, -0.25) is 0 Å². The number of amides is 1. The Kier molecular flexibility index (Phi) is 7.48. The quantitative estimate of drug-likeness (QED) is 0.650. The van der Waals surface area contributed by atoms with Crippen molar-refractivity contribution in [2.45, 2.75) is 58.0 Å². The fourth-order valence-corrected chi connectivity index (χ4v) is 3.80. The molecule has 0 bridgehead atoms. The number of rotatable bonds is 4. The molecule has 0 aliphatic carbocycles. The summed E-state index contributed by atoms with van der Waals surface area (Å²) in [5.74, 6) is 5.52. The first-order valence-electron chi connectivity index (χ1n) is 11.0. The molecule has 1 fully saturated rings. The van der Waals surface area contributed by atoms with Gasteiger partial charge in [0.15, 0.2) is 0 Å². The monoisotopic (exact) mass is 464 g/mol. The molecule has 1 aromatic heterocycles. The second kappa shape index (κ2) is 9.96. The Morgan fingerprint density at radius 1 is 1.21 bits per heavy atom. The van der Waals surface area contributed by atoms with E-state index in [-0.39, 0.29) is 18.3 Å². The second-order valence-corrected chi connectivity index (χ2v) is 9.35. The number of alkyl carbamates (subject to hydrolysis) is 1. The zero-order chi connectivity index (χ0) is 24.2. The molecule has 2 aromatic rings. The molecule has 9 heteroatoms. The lowest BCUT2D eigenvalue weighted by Gasteiger charge is -2.30. The Balaban J connectivity index is 1.84. The van der Waals surface area contributed by atoms with Gasteiger partial charge in [-0.15, -0.1) is 0 Å². The number of fused-ring (bicyclic) bond motifs is 1. The Bertz CT molecular complexity index is 1040. The van der Waals surface area contributed by atoms with Crippen LogP contribution in [0.5, 0.6) is 0 Å². The van der Waals surface area contributed by atoms with Crippen LogP contribution in [0, 0.1) is 11.8 Å². The smallest absolute Gasteiger partial charge is 0.408 e. The number of nitrogens with one attached hydrogen (secondary N) is 2. The minimum atomic E-state index is -4.39. The number of piperidine rings is 1. The number of likely N-dealkylation sites (tertiary alicyclic amines) is 1. The largest absolute Gasteiger partial charge is 0.444 e. The van der Waals surface area contributed by atoms with Crippen molar-refractivity contribution >= 4 is 22.7 Å². The number of anilines is 1. The normalized spacial score (nSPS) is 15.7. The van der Waals surface area contributed by atoms with Crippen LogP contribution in [0.2, 0.25) is 0 Å². The molecule has 1 aromatic carbocycles.